The minimum absolute atomic E-state index is 0.679. The van der Waals surface area contributed by atoms with E-state index in [0.717, 1.165) is 28.7 Å². The van der Waals surface area contributed by atoms with E-state index < -0.39 is 0 Å². The van der Waals surface area contributed by atoms with E-state index in [1.807, 2.05) is 48.5 Å². The van der Waals surface area contributed by atoms with Crippen LogP contribution in [0.2, 0.25) is 0 Å². The highest BCUT2D eigenvalue weighted by Crippen LogP contribution is 2.27. The van der Waals surface area contributed by atoms with Crippen molar-refractivity contribution in [3.05, 3.63) is 59.7 Å². The van der Waals surface area contributed by atoms with E-state index in [4.69, 9.17) is 5.73 Å². The second-order valence-corrected chi connectivity index (χ2v) is 6.18. The van der Waals surface area contributed by atoms with Gasteiger partial charge in [-0.25, -0.2) is 0 Å². The first-order valence-electron chi connectivity index (χ1n) is 7.63. The second-order valence-electron chi connectivity index (χ2n) is 5.23. The number of anilines is 1. The molecule has 2 N–H and O–H groups in total. The van der Waals surface area contributed by atoms with Crippen molar-refractivity contribution in [1.29, 1.82) is 5.26 Å². The Hall–Kier alpha value is -2.78. The van der Waals surface area contributed by atoms with Gasteiger partial charge in [-0.2, -0.15) is 5.26 Å². The lowest BCUT2D eigenvalue weighted by Gasteiger charge is -2.08. The number of hydrogen-bond donors (Lipinski definition) is 1. The number of benzene rings is 2. The number of aromatic nitrogens is 3. The van der Waals surface area contributed by atoms with Gasteiger partial charge in [-0.15, -0.1) is 10.2 Å². The van der Waals surface area contributed by atoms with Crippen LogP contribution in [0.5, 0.6) is 0 Å². The zero-order valence-electron chi connectivity index (χ0n) is 13.3. The Labute approximate surface area is 145 Å². The van der Waals surface area contributed by atoms with Gasteiger partial charge in [0, 0.05) is 23.5 Å². The van der Waals surface area contributed by atoms with Crippen molar-refractivity contribution < 1.29 is 0 Å². The lowest BCUT2D eigenvalue weighted by Crippen LogP contribution is -2.00. The summed E-state index contributed by atoms with van der Waals surface area (Å²) in [4.78, 5) is 0. The van der Waals surface area contributed by atoms with Crippen molar-refractivity contribution in [3.63, 3.8) is 0 Å². The molecule has 0 unspecified atom stereocenters. The van der Waals surface area contributed by atoms with Crippen LogP contribution < -0.4 is 5.73 Å². The van der Waals surface area contributed by atoms with Crippen LogP contribution in [0, 0.1) is 11.3 Å². The molecule has 0 aliphatic carbocycles. The average Bonchev–Trinajstić information content (AvgIpc) is 3.03. The largest absolute Gasteiger partial charge is 0.399 e. The summed E-state index contributed by atoms with van der Waals surface area (Å²) in [5.41, 5.74) is 9.22. The van der Waals surface area contributed by atoms with Crippen LogP contribution in [0.1, 0.15) is 18.1 Å². The highest BCUT2D eigenvalue weighted by molar-refractivity contribution is 7.98. The number of hydrogen-bond acceptors (Lipinski definition) is 5. The summed E-state index contributed by atoms with van der Waals surface area (Å²) in [5.74, 6) is 1.49. The summed E-state index contributed by atoms with van der Waals surface area (Å²) in [6, 6.07) is 17.5. The molecular weight excluding hydrogens is 318 g/mol. The Morgan fingerprint density at radius 2 is 2.00 bits per heavy atom. The molecule has 5 nitrogen and oxygen atoms in total. The smallest absolute Gasteiger partial charge is 0.191 e. The topological polar surface area (TPSA) is 80.5 Å². The third-order valence-electron chi connectivity index (χ3n) is 3.67. The van der Waals surface area contributed by atoms with Crippen molar-refractivity contribution in [2.75, 3.05) is 5.73 Å². The van der Waals surface area contributed by atoms with E-state index >= 15 is 0 Å². The first-order chi connectivity index (χ1) is 11.7. The van der Waals surface area contributed by atoms with Gasteiger partial charge < -0.3 is 10.3 Å². The summed E-state index contributed by atoms with van der Waals surface area (Å²) in [6.45, 7) is 2.83. The third-order valence-corrected chi connectivity index (χ3v) is 4.69. The van der Waals surface area contributed by atoms with Crippen molar-refractivity contribution in [1.82, 2.24) is 14.8 Å². The van der Waals surface area contributed by atoms with Crippen LogP contribution in [0.4, 0.5) is 5.69 Å². The SMILES string of the molecule is CCn1c(SCc2ccccc2C#N)nnc1-c1cccc(N)c1. The number of nitrogens with zero attached hydrogens (tertiary/aromatic N) is 4. The number of thioether (sulfide) groups is 1. The molecule has 0 saturated carbocycles. The molecule has 0 fully saturated rings. The fourth-order valence-electron chi connectivity index (χ4n) is 2.47. The Kier molecular flexibility index (Phi) is 4.82. The summed E-state index contributed by atoms with van der Waals surface area (Å²) < 4.78 is 2.06. The summed E-state index contributed by atoms with van der Waals surface area (Å²) >= 11 is 1.58. The maximum Gasteiger partial charge on any atom is 0.191 e. The van der Waals surface area contributed by atoms with Crippen LogP contribution in [0.3, 0.4) is 0 Å². The first-order valence-corrected chi connectivity index (χ1v) is 8.61. The van der Waals surface area contributed by atoms with Crippen molar-refractivity contribution in [2.24, 2.45) is 0 Å². The van der Waals surface area contributed by atoms with Gasteiger partial charge in [0.2, 0.25) is 0 Å². The summed E-state index contributed by atoms with van der Waals surface area (Å²) in [6.07, 6.45) is 0. The number of nitrogens with two attached hydrogens (primary N) is 1. The number of rotatable bonds is 5. The summed E-state index contributed by atoms with van der Waals surface area (Å²) in [7, 11) is 0. The van der Waals surface area contributed by atoms with Crippen LogP contribution in [0.25, 0.3) is 11.4 Å². The van der Waals surface area contributed by atoms with Gasteiger partial charge in [0.25, 0.3) is 0 Å². The molecule has 3 rings (SSSR count). The third kappa shape index (κ3) is 3.26. The van der Waals surface area contributed by atoms with E-state index in [0.29, 0.717) is 17.0 Å². The van der Waals surface area contributed by atoms with Gasteiger partial charge in [0.15, 0.2) is 11.0 Å². The highest BCUT2D eigenvalue weighted by Gasteiger charge is 2.14. The van der Waals surface area contributed by atoms with Crippen molar-refractivity contribution in [2.45, 2.75) is 24.4 Å². The van der Waals surface area contributed by atoms with E-state index in [9.17, 15) is 5.26 Å². The Morgan fingerprint density at radius 1 is 1.17 bits per heavy atom. The Morgan fingerprint density at radius 3 is 2.75 bits per heavy atom. The average molecular weight is 335 g/mol. The zero-order chi connectivity index (χ0) is 16.9. The molecule has 0 aliphatic rings. The lowest BCUT2D eigenvalue weighted by molar-refractivity contribution is 0.687. The van der Waals surface area contributed by atoms with Crippen LogP contribution >= 0.6 is 11.8 Å². The fraction of sp³-hybridized carbons (Fsp3) is 0.167. The molecule has 3 aromatic rings. The molecule has 2 aromatic carbocycles. The maximum atomic E-state index is 9.19. The minimum atomic E-state index is 0.679. The molecule has 6 heteroatoms. The van der Waals surface area contributed by atoms with Crippen molar-refractivity contribution in [3.8, 4) is 17.5 Å². The maximum absolute atomic E-state index is 9.19. The second kappa shape index (κ2) is 7.20. The van der Waals surface area contributed by atoms with Crippen LogP contribution in [0.15, 0.2) is 53.7 Å². The van der Waals surface area contributed by atoms with Gasteiger partial charge in [-0.05, 0) is 30.7 Å². The monoisotopic (exact) mass is 335 g/mol. The van der Waals surface area contributed by atoms with Gasteiger partial charge in [0.1, 0.15) is 0 Å². The van der Waals surface area contributed by atoms with E-state index in [1.165, 1.54) is 0 Å². The van der Waals surface area contributed by atoms with Gasteiger partial charge in [-0.1, -0.05) is 42.1 Å². The molecule has 0 radical (unpaired) electrons. The molecule has 24 heavy (non-hydrogen) atoms. The van der Waals surface area contributed by atoms with Gasteiger partial charge in [0.05, 0.1) is 11.6 Å². The lowest BCUT2D eigenvalue weighted by atomic mass is 10.1. The molecule has 0 bridgehead atoms. The molecular formula is C18H17N5S. The molecule has 0 atom stereocenters. The predicted octanol–water partition coefficient (Wildman–Crippen LogP) is 3.71. The molecule has 1 heterocycles. The molecule has 0 saturated heterocycles. The summed E-state index contributed by atoms with van der Waals surface area (Å²) in [5, 5.41) is 18.7. The number of nitrogen functional groups attached to an aromatic ring is 1. The van der Waals surface area contributed by atoms with Crippen LogP contribution in [-0.4, -0.2) is 14.8 Å². The van der Waals surface area contributed by atoms with Crippen molar-refractivity contribution >= 4 is 17.4 Å². The fourth-order valence-corrected chi connectivity index (χ4v) is 3.48. The molecule has 0 amide bonds. The quantitative estimate of drug-likeness (QED) is 0.568. The standard InChI is InChI=1S/C18H17N5S/c1-2-23-17(13-8-5-9-16(20)10-13)21-22-18(23)24-12-15-7-4-3-6-14(15)11-19/h3-10H,2,12,20H2,1H3. The Balaban J connectivity index is 1.86. The normalized spacial score (nSPS) is 10.5. The minimum Gasteiger partial charge on any atom is -0.399 e. The molecule has 1 aromatic heterocycles. The van der Waals surface area contributed by atoms with E-state index in [-0.39, 0.29) is 0 Å². The molecule has 0 spiro atoms. The Bertz CT molecular complexity index is 894. The molecule has 120 valence electrons. The first kappa shape index (κ1) is 16.1. The predicted molar refractivity (Wildman–Crippen MR) is 96.3 cm³/mol. The van der Waals surface area contributed by atoms with Gasteiger partial charge >= 0.3 is 0 Å². The zero-order valence-corrected chi connectivity index (χ0v) is 14.1. The van der Waals surface area contributed by atoms with E-state index in [1.54, 1.807) is 11.8 Å². The highest BCUT2D eigenvalue weighted by atomic mass is 32.2. The van der Waals surface area contributed by atoms with Gasteiger partial charge in [-0.3, -0.25) is 0 Å². The van der Waals surface area contributed by atoms with E-state index in [2.05, 4.69) is 27.8 Å². The van der Waals surface area contributed by atoms with Crippen LogP contribution in [-0.2, 0) is 12.3 Å². The number of nitriles is 1. The molecule has 0 aliphatic heterocycles.